The van der Waals surface area contributed by atoms with E-state index in [1.807, 2.05) is 0 Å². The van der Waals surface area contributed by atoms with Crippen molar-refractivity contribution in [2.24, 2.45) is 0 Å². The zero-order chi connectivity index (χ0) is 13.9. The normalized spacial score (nSPS) is 30.1. The van der Waals surface area contributed by atoms with Crippen molar-refractivity contribution in [1.82, 2.24) is 14.3 Å². The minimum atomic E-state index is -3.42. The Morgan fingerprint density at radius 2 is 1.89 bits per heavy atom. The number of rotatable bonds is 5. The average Bonchev–Trinajstić information content (AvgIpc) is 2.85. The van der Waals surface area contributed by atoms with Crippen molar-refractivity contribution in [3.8, 4) is 0 Å². The Morgan fingerprint density at radius 3 is 2.53 bits per heavy atom. The molecule has 0 aromatic rings. The summed E-state index contributed by atoms with van der Waals surface area (Å²) < 4.78 is 34.3. The summed E-state index contributed by atoms with van der Waals surface area (Å²) >= 11 is 0. The van der Waals surface area contributed by atoms with E-state index in [-0.39, 0.29) is 18.2 Å². The van der Waals surface area contributed by atoms with E-state index in [0.717, 1.165) is 25.7 Å². The van der Waals surface area contributed by atoms with Gasteiger partial charge in [0.1, 0.15) is 0 Å². The predicted octanol–water partition coefficient (Wildman–Crippen LogP) is 0.0721. The molecular weight excluding hydrogens is 266 g/mol. The van der Waals surface area contributed by atoms with Crippen LogP contribution in [0.1, 0.15) is 32.1 Å². The third-order valence-electron chi connectivity index (χ3n) is 4.23. The van der Waals surface area contributed by atoms with Gasteiger partial charge in [-0.3, -0.25) is 0 Å². The second kappa shape index (κ2) is 6.49. The lowest BCUT2D eigenvalue weighted by Gasteiger charge is -2.31. The van der Waals surface area contributed by atoms with Gasteiger partial charge in [-0.15, -0.1) is 0 Å². The number of ether oxygens (including phenoxy) is 1. The molecule has 7 heteroatoms. The van der Waals surface area contributed by atoms with Gasteiger partial charge in [-0.2, -0.15) is 17.4 Å². The minimum absolute atomic E-state index is 0.0884. The van der Waals surface area contributed by atoms with Crippen LogP contribution in [0.5, 0.6) is 0 Å². The summed E-state index contributed by atoms with van der Waals surface area (Å²) in [5.74, 6) is 0. The van der Waals surface area contributed by atoms with E-state index < -0.39 is 10.2 Å². The van der Waals surface area contributed by atoms with E-state index >= 15 is 0 Å². The summed E-state index contributed by atoms with van der Waals surface area (Å²) in [5, 5.41) is 3.14. The first kappa shape index (κ1) is 15.2. The Bertz CT molecular complexity index is 382. The first-order chi connectivity index (χ1) is 9.04. The van der Waals surface area contributed by atoms with Crippen molar-refractivity contribution >= 4 is 10.2 Å². The number of nitrogens with one attached hydrogen (secondary N) is 2. The maximum atomic E-state index is 12.4. The van der Waals surface area contributed by atoms with Crippen molar-refractivity contribution in [3.63, 3.8) is 0 Å². The number of hydrogen-bond donors (Lipinski definition) is 2. The van der Waals surface area contributed by atoms with Gasteiger partial charge < -0.3 is 10.1 Å². The maximum Gasteiger partial charge on any atom is 0.279 e. The van der Waals surface area contributed by atoms with Gasteiger partial charge in [0.25, 0.3) is 10.2 Å². The van der Waals surface area contributed by atoms with Crippen molar-refractivity contribution < 1.29 is 13.2 Å². The molecule has 0 bridgehead atoms. The van der Waals surface area contributed by atoms with Gasteiger partial charge in [-0.05, 0) is 12.8 Å². The topological polar surface area (TPSA) is 70.7 Å². The van der Waals surface area contributed by atoms with Crippen LogP contribution in [0.2, 0.25) is 0 Å². The smallest absolute Gasteiger partial charge is 0.279 e. The maximum absolute atomic E-state index is 12.4. The molecule has 1 saturated carbocycles. The van der Waals surface area contributed by atoms with E-state index in [0.29, 0.717) is 13.1 Å². The summed E-state index contributed by atoms with van der Waals surface area (Å²) in [6.07, 6.45) is 5.31. The Hall–Kier alpha value is -0.210. The molecule has 0 aromatic carbocycles. The van der Waals surface area contributed by atoms with Gasteiger partial charge in [0.15, 0.2) is 0 Å². The highest BCUT2D eigenvalue weighted by molar-refractivity contribution is 7.87. The molecule has 2 fully saturated rings. The zero-order valence-electron chi connectivity index (χ0n) is 11.8. The van der Waals surface area contributed by atoms with Crippen LogP contribution in [0.15, 0.2) is 0 Å². The van der Waals surface area contributed by atoms with Crippen molar-refractivity contribution in [2.75, 3.05) is 27.2 Å². The van der Waals surface area contributed by atoms with Gasteiger partial charge in [-0.1, -0.05) is 19.3 Å². The third-order valence-corrected chi connectivity index (χ3v) is 5.89. The van der Waals surface area contributed by atoms with Gasteiger partial charge >= 0.3 is 0 Å². The SMILES string of the molecule is CO[C@H]1CNCC1NS(=O)(=O)N(C)C1CCCCC1. The van der Waals surface area contributed by atoms with Crippen LogP contribution in [0.4, 0.5) is 0 Å². The molecule has 2 atom stereocenters. The second-order valence-electron chi connectivity index (χ2n) is 5.47. The van der Waals surface area contributed by atoms with Crippen LogP contribution in [-0.4, -0.2) is 58.2 Å². The highest BCUT2D eigenvalue weighted by Gasteiger charge is 2.34. The summed E-state index contributed by atoms with van der Waals surface area (Å²) in [6, 6.07) is -0.0392. The molecule has 1 aliphatic carbocycles. The molecule has 2 N–H and O–H groups in total. The van der Waals surface area contributed by atoms with Gasteiger partial charge in [0.05, 0.1) is 12.1 Å². The van der Waals surface area contributed by atoms with Crippen molar-refractivity contribution in [1.29, 1.82) is 0 Å². The summed E-state index contributed by atoms with van der Waals surface area (Å²) in [6.45, 7) is 1.31. The lowest BCUT2D eigenvalue weighted by molar-refractivity contribution is 0.102. The van der Waals surface area contributed by atoms with E-state index in [4.69, 9.17) is 4.74 Å². The molecule has 0 radical (unpaired) electrons. The molecule has 1 saturated heterocycles. The monoisotopic (exact) mass is 291 g/mol. The number of methoxy groups -OCH3 is 1. The van der Waals surface area contributed by atoms with Gasteiger partial charge in [-0.25, -0.2) is 0 Å². The standard InChI is InChI=1S/C12H25N3O3S/c1-15(10-6-4-3-5-7-10)19(16,17)14-11-8-13-9-12(11)18-2/h10-14H,3-9H2,1-2H3/t11?,12-/m0/s1. The molecule has 1 unspecified atom stereocenters. The van der Waals surface area contributed by atoms with E-state index in [1.54, 1.807) is 14.2 Å². The van der Waals surface area contributed by atoms with Crippen LogP contribution in [0.3, 0.4) is 0 Å². The van der Waals surface area contributed by atoms with Crippen molar-refractivity contribution in [2.45, 2.75) is 50.3 Å². The van der Waals surface area contributed by atoms with E-state index in [1.165, 1.54) is 10.7 Å². The second-order valence-corrected chi connectivity index (χ2v) is 7.23. The van der Waals surface area contributed by atoms with Gasteiger partial charge in [0.2, 0.25) is 0 Å². The molecule has 0 amide bonds. The number of hydrogen-bond acceptors (Lipinski definition) is 4. The molecule has 6 nitrogen and oxygen atoms in total. The Balaban J connectivity index is 1.96. The Labute approximate surface area is 116 Å². The molecule has 112 valence electrons. The minimum Gasteiger partial charge on any atom is -0.378 e. The molecule has 2 rings (SSSR count). The first-order valence-electron chi connectivity index (χ1n) is 7.03. The highest BCUT2D eigenvalue weighted by atomic mass is 32.2. The summed E-state index contributed by atoms with van der Waals surface area (Å²) in [4.78, 5) is 0. The Kier molecular flexibility index (Phi) is 5.19. The summed E-state index contributed by atoms with van der Waals surface area (Å²) in [5.41, 5.74) is 0. The molecular formula is C12H25N3O3S. The quantitative estimate of drug-likeness (QED) is 0.752. The fourth-order valence-electron chi connectivity index (χ4n) is 2.94. The number of nitrogens with zero attached hydrogens (tertiary/aromatic N) is 1. The lowest BCUT2D eigenvalue weighted by atomic mass is 9.96. The van der Waals surface area contributed by atoms with E-state index in [9.17, 15) is 8.42 Å². The molecule has 0 spiro atoms. The largest absolute Gasteiger partial charge is 0.378 e. The summed E-state index contributed by atoms with van der Waals surface area (Å²) in [7, 11) is -0.125. The first-order valence-corrected chi connectivity index (χ1v) is 8.47. The van der Waals surface area contributed by atoms with Crippen LogP contribution in [0, 0.1) is 0 Å². The Morgan fingerprint density at radius 1 is 1.21 bits per heavy atom. The fraction of sp³-hybridized carbons (Fsp3) is 1.00. The average molecular weight is 291 g/mol. The fourth-order valence-corrected chi connectivity index (χ4v) is 4.32. The van der Waals surface area contributed by atoms with Crippen LogP contribution >= 0.6 is 0 Å². The molecule has 2 aliphatic rings. The molecule has 1 heterocycles. The predicted molar refractivity (Wildman–Crippen MR) is 74.1 cm³/mol. The lowest BCUT2D eigenvalue weighted by Crippen LogP contribution is -2.51. The highest BCUT2D eigenvalue weighted by Crippen LogP contribution is 2.23. The molecule has 1 aliphatic heterocycles. The van der Waals surface area contributed by atoms with Crippen molar-refractivity contribution in [3.05, 3.63) is 0 Å². The third kappa shape index (κ3) is 3.66. The van der Waals surface area contributed by atoms with Crippen LogP contribution in [0.25, 0.3) is 0 Å². The van der Waals surface area contributed by atoms with Crippen LogP contribution in [-0.2, 0) is 14.9 Å². The van der Waals surface area contributed by atoms with Gasteiger partial charge in [0, 0.05) is 33.3 Å². The molecule has 19 heavy (non-hydrogen) atoms. The van der Waals surface area contributed by atoms with E-state index in [2.05, 4.69) is 10.0 Å². The molecule has 0 aromatic heterocycles. The van der Waals surface area contributed by atoms with Crippen LogP contribution < -0.4 is 10.0 Å². The zero-order valence-corrected chi connectivity index (χ0v) is 12.6.